The zero-order chi connectivity index (χ0) is 19.1. The maximum Gasteiger partial charge on any atom is 0.321 e. The van der Waals surface area contributed by atoms with E-state index in [0.717, 1.165) is 48.3 Å². The first kappa shape index (κ1) is 17.3. The van der Waals surface area contributed by atoms with Crippen LogP contribution in [0.15, 0.2) is 60.8 Å². The van der Waals surface area contributed by atoms with Gasteiger partial charge in [0.05, 0.1) is 5.52 Å². The van der Waals surface area contributed by atoms with Crippen LogP contribution in [-0.2, 0) is 0 Å². The number of para-hydroxylation sites is 1. The molecule has 0 atom stereocenters. The molecule has 5 nitrogen and oxygen atoms in total. The number of urea groups is 1. The van der Waals surface area contributed by atoms with Crippen LogP contribution in [0.2, 0.25) is 5.02 Å². The molecule has 2 aliphatic rings. The van der Waals surface area contributed by atoms with Gasteiger partial charge in [0.25, 0.3) is 0 Å². The van der Waals surface area contributed by atoms with E-state index in [1.165, 1.54) is 0 Å². The van der Waals surface area contributed by atoms with E-state index < -0.39 is 0 Å². The van der Waals surface area contributed by atoms with Crippen molar-refractivity contribution >= 4 is 34.2 Å². The van der Waals surface area contributed by atoms with E-state index in [2.05, 4.69) is 10.3 Å². The highest BCUT2D eigenvalue weighted by Crippen LogP contribution is 2.50. The van der Waals surface area contributed by atoms with Crippen molar-refractivity contribution in [2.45, 2.75) is 18.9 Å². The third kappa shape index (κ3) is 3.16. The van der Waals surface area contributed by atoms with Crippen LogP contribution in [0.5, 0.6) is 5.75 Å². The fourth-order valence-electron chi connectivity index (χ4n) is 4.24. The molecule has 0 radical (unpaired) electrons. The fraction of sp³-hybridized carbons (Fsp3) is 0.273. The number of aromatic nitrogens is 1. The van der Waals surface area contributed by atoms with Gasteiger partial charge in [-0.1, -0.05) is 23.7 Å². The predicted octanol–water partition coefficient (Wildman–Crippen LogP) is 4.96. The van der Waals surface area contributed by atoms with Gasteiger partial charge in [0.1, 0.15) is 11.9 Å². The second-order valence-electron chi connectivity index (χ2n) is 7.77. The van der Waals surface area contributed by atoms with Crippen molar-refractivity contribution in [2.75, 3.05) is 18.4 Å². The van der Waals surface area contributed by atoms with Gasteiger partial charge >= 0.3 is 6.03 Å². The Bertz CT molecular complexity index is 1020. The minimum absolute atomic E-state index is 0.0579. The zero-order valence-electron chi connectivity index (χ0n) is 15.3. The van der Waals surface area contributed by atoms with Crippen molar-refractivity contribution in [2.24, 2.45) is 5.41 Å². The normalized spacial score (nSPS) is 17.8. The molecule has 6 heteroatoms. The minimum Gasteiger partial charge on any atom is -0.490 e. The highest BCUT2D eigenvalue weighted by molar-refractivity contribution is 6.30. The molecule has 1 aliphatic heterocycles. The maximum absolute atomic E-state index is 12.4. The van der Waals surface area contributed by atoms with Gasteiger partial charge in [-0.05, 0) is 55.3 Å². The summed E-state index contributed by atoms with van der Waals surface area (Å²) in [4.78, 5) is 18.6. The predicted molar refractivity (Wildman–Crippen MR) is 110 cm³/mol. The number of carbonyl (C=O) groups excluding carboxylic acids is 1. The molecular formula is C22H20ClN3O2. The number of benzene rings is 2. The lowest BCUT2D eigenvalue weighted by Crippen LogP contribution is -2.66. The van der Waals surface area contributed by atoms with Crippen LogP contribution < -0.4 is 10.1 Å². The Balaban J connectivity index is 1.15. The van der Waals surface area contributed by atoms with Crippen LogP contribution in [0.3, 0.4) is 0 Å². The molecule has 2 heterocycles. The Labute approximate surface area is 168 Å². The molecule has 1 aliphatic carbocycles. The molecule has 5 rings (SSSR count). The summed E-state index contributed by atoms with van der Waals surface area (Å²) in [5.41, 5.74) is 1.92. The fourth-order valence-corrected chi connectivity index (χ4v) is 4.37. The third-order valence-electron chi connectivity index (χ3n) is 5.66. The Morgan fingerprint density at radius 1 is 1.11 bits per heavy atom. The summed E-state index contributed by atoms with van der Waals surface area (Å²) in [7, 11) is 0. The van der Waals surface area contributed by atoms with Crippen molar-refractivity contribution < 1.29 is 9.53 Å². The SMILES string of the molecule is O=C(Nc1ccc(Cl)cc1)N1CC2(CC(Oc3ccnc4ccccc34)C2)C1. The van der Waals surface area contributed by atoms with Crippen molar-refractivity contribution in [3.63, 3.8) is 0 Å². The van der Waals surface area contributed by atoms with Crippen LogP contribution in [0.1, 0.15) is 12.8 Å². The first-order chi connectivity index (χ1) is 13.6. The number of hydrogen-bond donors (Lipinski definition) is 1. The third-order valence-corrected chi connectivity index (χ3v) is 5.91. The van der Waals surface area contributed by atoms with Crippen LogP contribution in [-0.4, -0.2) is 35.1 Å². The van der Waals surface area contributed by atoms with Gasteiger partial charge in [-0.3, -0.25) is 4.98 Å². The Morgan fingerprint density at radius 2 is 1.86 bits per heavy atom. The number of ether oxygens (including phenoxy) is 1. The zero-order valence-corrected chi connectivity index (χ0v) is 16.0. The van der Waals surface area contributed by atoms with Gasteiger partial charge in [-0.25, -0.2) is 4.79 Å². The average molecular weight is 394 g/mol. The van der Waals surface area contributed by atoms with Crippen LogP contribution in [0.25, 0.3) is 10.9 Å². The molecule has 1 saturated carbocycles. The number of nitrogens with one attached hydrogen (secondary N) is 1. The monoisotopic (exact) mass is 393 g/mol. The summed E-state index contributed by atoms with van der Waals surface area (Å²) >= 11 is 5.88. The minimum atomic E-state index is -0.0579. The molecule has 2 amide bonds. The highest BCUT2D eigenvalue weighted by atomic mass is 35.5. The largest absolute Gasteiger partial charge is 0.490 e. The van der Waals surface area contributed by atoms with Gasteiger partial charge in [-0.2, -0.15) is 0 Å². The lowest BCUT2D eigenvalue weighted by Gasteiger charge is -2.58. The number of fused-ring (bicyclic) bond motifs is 1. The van der Waals surface area contributed by atoms with Crippen molar-refractivity contribution in [1.29, 1.82) is 0 Å². The van der Waals surface area contributed by atoms with Crippen molar-refractivity contribution in [1.82, 2.24) is 9.88 Å². The van der Waals surface area contributed by atoms with Crippen molar-refractivity contribution in [3.8, 4) is 5.75 Å². The molecule has 142 valence electrons. The first-order valence-corrected chi connectivity index (χ1v) is 9.80. The number of likely N-dealkylation sites (tertiary alicyclic amines) is 1. The molecular weight excluding hydrogens is 374 g/mol. The first-order valence-electron chi connectivity index (χ1n) is 9.42. The van der Waals surface area contributed by atoms with E-state index in [-0.39, 0.29) is 17.6 Å². The van der Waals surface area contributed by atoms with E-state index in [1.54, 1.807) is 18.3 Å². The summed E-state index contributed by atoms with van der Waals surface area (Å²) < 4.78 is 6.23. The number of anilines is 1. The van der Waals surface area contributed by atoms with Gasteiger partial charge in [0.2, 0.25) is 0 Å². The number of nitrogens with zero attached hydrogens (tertiary/aromatic N) is 2. The number of rotatable bonds is 3. The molecule has 0 bridgehead atoms. The molecule has 28 heavy (non-hydrogen) atoms. The van der Waals surface area contributed by atoms with Gasteiger partial charge in [0.15, 0.2) is 0 Å². The van der Waals surface area contributed by atoms with Gasteiger partial charge < -0.3 is 15.0 Å². The van der Waals surface area contributed by atoms with Gasteiger partial charge in [-0.15, -0.1) is 0 Å². The standard InChI is InChI=1S/C22H20ClN3O2/c23-15-5-7-16(8-6-15)25-21(27)26-13-22(14-26)11-17(12-22)28-20-9-10-24-19-4-2-1-3-18(19)20/h1-10,17H,11-14H2,(H,25,27). The Hall–Kier alpha value is -2.79. The highest BCUT2D eigenvalue weighted by Gasteiger charge is 2.54. The lowest BCUT2D eigenvalue weighted by molar-refractivity contribution is -0.0978. The summed E-state index contributed by atoms with van der Waals surface area (Å²) in [5, 5.41) is 4.62. The van der Waals surface area contributed by atoms with E-state index >= 15 is 0 Å². The Kier molecular flexibility index (Phi) is 4.13. The van der Waals surface area contributed by atoms with Crippen LogP contribution in [0.4, 0.5) is 10.5 Å². The van der Waals surface area contributed by atoms with Crippen LogP contribution >= 0.6 is 11.6 Å². The van der Waals surface area contributed by atoms with Gasteiger partial charge in [0, 0.05) is 40.8 Å². The van der Waals surface area contributed by atoms with E-state index in [9.17, 15) is 4.79 Å². The van der Waals surface area contributed by atoms with E-state index in [4.69, 9.17) is 16.3 Å². The molecule has 1 saturated heterocycles. The maximum atomic E-state index is 12.4. The topological polar surface area (TPSA) is 54.5 Å². The number of halogens is 1. The molecule has 2 aromatic carbocycles. The quantitative estimate of drug-likeness (QED) is 0.684. The lowest BCUT2D eigenvalue weighted by atomic mass is 9.62. The second-order valence-corrected chi connectivity index (χ2v) is 8.20. The average Bonchev–Trinajstić information content (AvgIpc) is 2.64. The summed E-state index contributed by atoms with van der Waals surface area (Å²) in [5.74, 6) is 0.891. The second kappa shape index (κ2) is 6.67. The molecule has 1 N–H and O–H groups in total. The number of hydrogen-bond acceptors (Lipinski definition) is 3. The molecule has 2 fully saturated rings. The number of amides is 2. The molecule has 0 unspecified atom stereocenters. The summed E-state index contributed by atoms with van der Waals surface area (Å²) in [6, 6.07) is 17.0. The summed E-state index contributed by atoms with van der Waals surface area (Å²) in [6.45, 7) is 1.56. The molecule has 1 aromatic heterocycles. The Morgan fingerprint density at radius 3 is 2.64 bits per heavy atom. The summed E-state index contributed by atoms with van der Waals surface area (Å²) in [6.07, 6.45) is 3.95. The van der Waals surface area contributed by atoms with Crippen LogP contribution in [0, 0.1) is 5.41 Å². The smallest absolute Gasteiger partial charge is 0.321 e. The molecule has 1 spiro atoms. The van der Waals surface area contributed by atoms with E-state index in [1.807, 2.05) is 47.4 Å². The number of carbonyl (C=O) groups is 1. The van der Waals surface area contributed by atoms with E-state index in [0.29, 0.717) is 5.02 Å². The molecule has 3 aromatic rings. The number of pyridine rings is 1. The van der Waals surface area contributed by atoms with Crippen molar-refractivity contribution in [3.05, 3.63) is 65.8 Å².